The molecular weight excluding hydrogens is 643 g/mol. The minimum Gasteiger partial charge on any atom is -0.530 e. The highest BCUT2D eigenvalue weighted by Gasteiger charge is 2.31. The van der Waals surface area contributed by atoms with Crippen molar-refractivity contribution >= 4 is 34.5 Å². The number of likely N-dealkylation sites (tertiary alicyclic amines) is 1. The molecule has 0 spiro atoms. The van der Waals surface area contributed by atoms with Crippen molar-refractivity contribution in [1.29, 1.82) is 0 Å². The number of carbonyl (C=O) groups excluding carboxylic acids is 2. The topological polar surface area (TPSA) is 147 Å². The van der Waals surface area contributed by atoms with Crippen LogP contribution in [-0.4, -0.2) is 64.0 Å². The summed E-state index contributed by atoms with van der Waals surface area (Å²) in [5.41, 5.74) is 1.97. The van der Waals surface area contributed by atoms with Gasteiger partial charge in [-0.15, -0.1) is 0 Å². The number of nitrogens with one attached hydrogen (secondary N) is 2. The maximum Gasteiger partial charge on any atom is 0.416 e. The number of nitrogens with zero attached hydrogens (tertiary/aromatic N) is 5. The molecule has 1 aliphatic heterocycles. The molecule has 15 heteroatoms. The zero-order valence-corrected chi connectivity index (χ0v) is 26.5. The van der Waals surface area contributed by atoms with Gasteiger partial charge in [0.2, 0.25) is 0 Å². The fourth-order valence-corrected chi connectivity index (χ4v) is 5.87. The molecule has 49 heavy (non-hydrogen) atoms. The molecule has 12 nitrogen and oxygen atoms in total. The third-order valence-electron chi connectivity index (χ3n) is 8.33. The molecular formula is C34H31F3N7O5-. The summed E-state index contributed by atoms with van der Waals surface area (Å²) in [6.07, 6.45) is -1.83. The molecule has 1 aliphatic rings. The second kappa shape index (κ2) is 13.7. The predicted octanol–water partition coefficient (Wildman–Crippen LogP) is 5.24. The second-order valence-electron chi connectivity index (χ2n) is 11.4. The molecule has 0 bridgehead atoms. The van der Waals surface area contributed by atoms with E-state index >= 15 is 0 Å². The van der Waals surface area contributed by atoms with Gasteiger partial charge >= 0.3 is 6.18 Å². The SMILES string of the molecule is COc1ccc(CNc2nccc3c(C4CCCN(C(=O)[O-])C4)nn(-c4ccc(C(=O)Nc5cc(C(F)(F)F)ccn5)cc4)c23)c(OC)c1. The number of hydrogen-bond acceptors (Lipinski definition) is 9. The lowest BCUT2D eigenvalue weighted by molar-refractivity contribution is -0.266. The largest absolute Gasteiger partial charge is 0.530 e. The Labute approximate surface area is 278 Å². The highest BCUT2D eigenvalue weighted by molar-refractivity contribution is 6.04. The van der Waals surface area contributed by atoms with Crippen LogP contribution in [0.1, 0.15) is 45.9 Å². The summed E-state index contributed by atoms with van der Waals surface area (Å²) < 4.78 is 52.0. The number of benzene rings is 2. The summed E-state index contributed by atoms with van der Waals surface area (Å²) in [4.78, 5) is 34.4. The lowest BCUT2D eigenvalue weighted by atomic mass is 9.93. The number of piperidine rings is 1. The van der Waals surface area contributed by atoms with Crippen molar-refractivity contribution in [2.75, 3.05) is 37.9 Å². The van der Waals surface area contributed by atoms with E-state index in [9.17, 15) is 27.9 Å². The molecule has 2 N–H and O–H groups in total. The zero-order chi connectivity index (χ0) is 34.7. The first-order valence-corrected chi connectivity index (χ1v) is 15.3. The number of anilines is 2. The highest BCUT2D eigenvalue weighted by atomic mass is 19.4. The number of fused-ring (bicyclic) bond motifs is 1. The van der Waals surface area contributed by atoms with Crippen LogP contribution in [0.4, 0.5) is 29.6 Å². The van der Waals surface area contributed by atoms with Crippen LogP contribution in [0.5, 0.6) is 11.5 Å². The Morgan fingerprint density at radius 2 is 1.78 bits per heavy atom. The number of halogens is 3. The summed E-state index contributed by atoms with van der Waals surface area (Å²) in [6.45, 7) is 0.949. The second-order valence-corrected chi connectivity index (χ2v) is 11.4. The monoisotopic (exact) mass is 674 g/mol. The first-order chi connectivity index (χ1) is 23.5. The van der Waals surface area contributed by atoms with E-state index in [0.717, 1.165) is 29.3 Å². The van der Waals surface area contributed by atoms with Gasteiger partial charge in [0.15, 0.2) is 5.82 Å². The van der Waals surface area contributed by atoms with E-state index in [4.69, 9.17) is 14.6 Å². The fourth-order valence-electron chi connectivity index (χ4n) is 5.87. The smallest absolute Gasteiger partial charge is 0.416 e. The highest BCUT2D eigenvalue weighted by Crippen LogP contribution is 2.36. The Morgan fingerprint density at radius 3 is 2.49 bits per heavy atom. The number of carbonyl (C=O) groups is 2. The van der Waals surface area contributed by atoms with Gasteiger partial charge in [-0.25, -0.2) is 14.6 Å². The number of aromatic nitrogens is 4. The summed E-state index contributed by atoms with van der Waals surface area (Å²) >= 11 is 0. The lowest BCUT2D eigenvalue weighted by Crippen LogP contribution is -2.46. The van der Waals surface area contributed by atoms with Crippen molar-refractivity contribution in [2.24, 2.45) is 0 Å². The quantitative estimate of drug-likeness (QED) is 0.214. The summed E-state index contributed by atoms with van der Waals surface area (Å²) in [6, 6.07) is 15.2. The van der Waals surface area contributed by atoms with E-state index < -0.39 is 23.7 Å². The van der Waals surface area contributed by atoms with Gasteiger partial charge in [0.1, 0.15) is 28.9 Å². The minimum absolute atomic E-state index is 0.180. The molecule has 0 aliphatic carbocycles. The number of carboxylic acid groups (broad SMARTS) is 1. The molecule has 0 radical (unpaired) electrons. The van der Waals surface area contributed by atoms with Gasteiger partial charge in [0, 0.05) is 60.5 Å². The summed E-state index contributed by atoms with van der Waals surface area (Å²) in [5.74, 6) is 0.666. The van der Waals surface area contributed by atoms with Crippen LogP contribution < -0.4 is 25.2 Å². The van der Waals surface area contributed by atoms with Gasteiger partial charge in [0.05, 0.1) is 31.2 Å². The fraction of sp³-hybridized carbons (Fsp3) is 0.265. The lowest BCUT2D eigenvalue weighted by Gasteiger charge is -2.33. The Kier molecular flexibility index (Phi) is 9.25. The molecule has 254 valence electrons. The van der Waals surface area contributed by atoms with Crippen LogP contribution >= 0.6 is 0 Å². The summed E-state index contributed by atoms with van der Waals surface area (Å²) in [7, 11) is 3.14. The van der Waals surface area contributed by atoms with Crippen LogP contribution in [-0.2, 0) is 12.7 Å². The number of amides is 2. The number of ether oxygens (including phenoxy) is 2. The maximum atomic E-state index is 13.1. The third-order valence-corrected chi connectivity index (χ3v) is 8.33. The van der Waals surface area contributed by atoms with Crippen LogP contribution in [0.3, 0.4) is 0 Å². The number of pyridine rings is 2. The van der Waals surface area contributed by atoms with E-state index in [0.29, 0.717) is 60.1 Å². The van der Waals surface area contributed by atoms with Crippen molar-refractivity contribution in [3.8, 4) is 17.2 Å². The first kappa shape index (κ1) is 33.1. The van der Waals surface area contributed by atoms with E-state index in [2.05, 4.69) is 20.6 Å². The number of methoxy groups -OCH3 is 2. The van der Waals surface area contributed by atoms with Gasteiger partial charge in [0.25, 0.3) is 5.91 Å². The van der Waals surface area contributed by atoms with Gasteiger partial charge in [-0.2, -0.15) is 18.3 Å². The van der Waals surface area contributed by atoms with Crippen molar-refractivity contribution in [2.45, 2.75) is 31.5 Å². The third kappa shape index (κ3) is 7.05. The molecule has 1 unspecified atom stereocenters. The van der Waals surface area contributed by atoms with E-state index in [-0.39, 0.29) is 23.8 Å². The van der Waals surface area contributed by atoms with Crippen LogP contribution in [0.15, 0.2) is 73.1 Å². The maximum absolute atomic E-state index is 13.1. The van der Waals surface area contributed by atoms with Crippen molar-refractivity contribution < 1.29 is 37.3 Å². The molecule has 6 rings (SSSR count). The molecule has 1 fully saturated rings. The molecule has 3 aromatic heterocycles. The Hall–Kier alpha value is -5.86. The van der Waals surface area contributed by atoms with Crippen molar-refractivity contribution in [3.05, 3.63) is 95.4 Å². The van der Waals surface area contributed by atoms with Crippen LogP contribution in [0, 0.1) is 0 Å². The van der Waals surface area contributed by atoms with Gasteiger partial charge in [-0.3, -0.25) is 4.79 Å². The predicted molar refractivity (Wildman–Crippen MR) is 172 cm³/mol. The van der Waals surface area contributed by atoms with E-state index in [1.165, 1.54) is 17.0 Å². The van der Waals surface area contributed by atoms with Crippen molar-refractivity contribution in [1.82, 2.24) is 24.6 Å². The van der Waals surface area contributed by atoms with E-state index in [1.54, 1.807) is 43.3 Å². The summed E-state index contributed by atoms with van der Waals surface area (Å²) in [5, 5.41) is 23.2. The average molecular weight is 675 g/mol. The van der Waals surface area contributed by atoms with Crippen LogP contribution in [0.2, 0.25) is 0 Å². The zero-order valence-electron chi connectivity index (χ0n) is 26.5. The minimum atomic E-state index is -4.58. The molecule has 4 heterocycles. The normalized spacial score (nSPS) is 14.8. The first-order valence-electron chi connectivity index (χ1n) is 15.3. The Morgan fingerprint density at radius 1 is 1.00 bits per heavy atom. The number of rotatable bonds is 9. The van der Waals surface area contributed by atoms with Gasteiger partial charge < -0.3 is 34.9 Å². The van der Waals surface area contributed by atoms with Crippen LogP contribution in [0.25, 0.3) is 16.6 Å². The molecule has 2 amide bonds. The Balaban J connectivity index is 1.35. The molecule has 1 saturated heterocycles. The molecule has 0 saturated carbocycles. The van der Waals surface area contributed by atoms with Gasteiger partial charge in [-0.1, -0.05) is 0 Å². The van der Waals surface area contributed by atoms with E-state index in [1.807, 2.05) is 18.2 Å². The number of hydrogen-bond donors (Lipinski definition) is 2. The molecule has 5 aromatic rings. The number of alkyl halides is 3. The van der Waals surface area contributed by atoms with Gasteiger partial charge in [-0.05, 0) is 67.4 Å². The Bertz CT molecular complexity index is 2000. The standard InChI is InChI=1S/C34H32F3N7O5/c1-48-25-10-7-21(27(17-25)49-2)18-40-31-30-26(12-14-39-31)29(22-4-3-15-43(19-22)33(46)47)42-44(30)24-8-5-20(6-9-24)32(45)41-28-16-23(11-13-38-28)34(35,36)37/h5-14,16-17,22H,3-4,15,18-19H2,1-2H3,(H,39,40)(H,46,47)(H,38,41,45)/p-1. The van der Waals surface area contributed by atoms with Crippen molar-refractivity contribution in [3.63, 3.8) is 0 Å². The molecule has 2 aromatic carbocycles. The average Bonchev–Trinajstić information content (AvgIpc) is 3.51. The molecule has 1 atom stereocenters.